The monoisotopic (exact) mass is 575 g/mol. The normalized spacial score (nSPS) is 13.8. The van der Waals surface area contributed by atoms with Gasteiger partial charge in [-0.1, -0.05) is 12.1 Å². The molecule has 0 spiro atoms. The zero-order valence-electron chi connectivity index (χ0n) is 21.6. The van der Waals surface area contributed by atoms with Gasteiger partial charge in [-0.15, -0.1) is 0 Å². The minimum atomic E-state index is -5.08. The summed E-state index contributed by atoms with van der Waals surface area (Å²) in [4.78, 5) is 23.5. The van der Waals surface area contributed by atoms with Crippen LogP contribution in [0.15, 0.2) is 53.4 Å². The van der Waals surface area contributed by atoms with Crippen molar-refractivity contribution in [1.82, 2.24) is 14.5 Å². The number of sulfonamides is 1. The van der Waals surface area contributed by atoms with Crippen molar-refractivity contribution in [1.29, 1.82) is 0 Å². The lowest BCUT2D eigenvalue weighted by atomic mass is 10.2. The number of ether oxygens (including phenoxy) is 2. The van der Waals surface area contributed by atoms with Gasteiger partial charge in [0.1, 0.15) is 11.5 Å². The van der Waals surface area contributed by atoms with Gasteiger partial charge in [-0.2, -0.15) is 17.5 Å². The van der Waals surface area contributed by atoms with Crippen LogP contribution in [0.25, 0.3) is 0 Å². The molecule has 1 aliphatic heterocycles. The zero-order valence-corrected chi connectivity index (χ0v) is 22.4. The molecule has 10 nitrogen and oxygen atoms in total. The van der Waals surface area contributed by atoms with Crippen molar-refractivity contribution in [3.8, 4) is 11.5 Å². The summed E-state index contributed by atoms with van der Waals surface area (Å²) < 4.78 is 70.7. The summed E-state index contributed by atoms with van der Waals surface area (Å²) in [5.74, 6) is -1.53. The molecular weight excluding hydrogens is 543 g/mol. The molecular formula is C25H32F3N3O7S. The van der Waals surface area contributed by atoms with Crippen LogP contribution in [-0.2, 0) is 26.2 Å². The van der Waals surface area contributed by atoms with Crippen LogP contribution >= 0.6 is 0 Å². The lowest BCUT2D eigenvalue weighted by molar-refractivity contribution is -0.192. The highest BCUT2D eigenvalue weighted by atomic mass is 32.2. The van der Waals surface area contributed by atoms with Crippen LogP contribution in [0.5, 0.6) is 11.5 Å². The van der Waals surface area contributed by atoms with E-state index in [1.54, 1.807) is 30.2 Å². The first-order valence-electron chi connectivity index (χ1n) is 12.0. The molecule has 1 aliphatic rings. The second-order valence-corrected chi connectivity index (χ2v) is 10.2. The number of hydrogen-bond donors (Lipinski definition) is 2. The van der Waals surface area contributed by atoms with E-state index in [0.29, 0.717) is 31.2 Å². The number of carboxylic acids is 1. The van der Waals surface area contributed by atoms with Gasteiger partial charge in [0.05, 0.1) is 18.6 Å². The topological polar surface area (TPSA) is 125 Å². The number of hydrogen-bond acceptors (Lipinski definition) is 7. The fourth-order valence-electron chi connectivity index (χ4n) is 3.57. The standard InChI is InChI=1S/C23H31N3O5S.C2HF3O2/c1-3-31-20-7-9-22(10-8-20)32(28,29)26(18-19-5-4-6-21(17-19)30-2)14-11-23(27)25-15-12-24-13-16-25;3-2(4,5)1(6)7/h4-10,17,24H,3,11-16,18H2,1-2H3;(H,6,7). The van der Waals surface area contributed by atoms with Crippen molar-refractivity contribution >= 4 is 21.9 Å². The maximum Gasteiger partial charge on any atom is 0.490 e. The average Bonchev–Trinajstić information content (AvgIpc) is 2.91. The van der Waals surface area contributed by atoms with E-state index in [9.17, 15) is 26.4 Å². The third-order valence-electron chi connectivity index (χ3n) is 5.55. The Hall–Kier alpha value is -3.36. The summed E-state index contributed by atoms with van der Waals surface area (Å²) in [6, 6.07) is 13.6. The number of alkyl halides is 3. The fraction of sp³-hybridized carbons (Fsp3) is 0.440. The first-order chi connectivity index (χ1) is 18.4. The van der Waals surface area contributed by atoms with Gasteiger partial charge in [0.15, 0.2) is 0 Å². The van der Waals surface area contributed by atoms with Gasteiger partial charge in [-0.3, -0.25) is 4.79 Å². The van der Waals surface area contributed by atoms with Crippen molar-refractivity contribution in [3.63, 3.8) is 0 Å². The summed E-state index contributed by atoms with van der Waals surface area (Å²) in [5.41, 5.74) is 0.786. The van der Waals surface area contributed by atoms with Crippen molar-refractivity contribution in [2.45, 2.75) is 31.0 Å². The Kier molecular flexibility index (Phi) is 12.0. The van der Waals surface area contributed by atoms with Crippen LogP contribution in [0.2, 0.25) is 0 Å². The molecule has 1 heterocycles. The Morgan fingerprint density at radius 3 is 2.23 bits per heavy atom. The van der Waals surface area contributed by atoms with E-state index in [1.165, 1.54) is 16.4 Å². The maximum absolute atomic E-state index is 13.5. The predicted molar refractivity (Wildman–Crippen MR) is 136 cm³/mol. The predicted octanol–water partition coefficient (Wildman–Crippen LogP) is 2.74. The lowest BCUT2D eigenvalue weighted by Gasteiger charge is -2.29. The van der Waals surface area contributed by atoms with E-state index in [1.807, 2.05) is 25.1 Å². The number of carboxylic acid groups (broad SMARTS) is 1. The van der Waals surface area contributed by atoms with Gasteiger partial charge in [0, 0.05) is 45.7 Å². The molecule has 0 bridgehead atoms. The highest BCUT2D eigenvalue weighted by molar-refractivity contribution is 7.89. The Labute approximate surface area is 225 Å². The minimum absolute atomic E-state index is 0.0379. The summed E-state index contributed by atoms with van der Waals surface area (Å²) in [7, 11) is -2.25. The van der Waals surface area contributed by atoms with E-state index < -0.39 is 22.2 Å². The molecule has 1 fully saturated rings. The minimum Gasteiger partial charge on any atom is -0.497 e. The van der Waals surface area contributed by atoms with Crippen molar-refractivity contribution in [2.24, 2.45) is 0 Å². The Morgan fingerprint density at radius 2 is 1.69 bits per heavy atom. The van der Waals surface area contributed by atoms with Gasteiger partial charge < -0.3 is 24.8 Å². The molecule has 0 atom stereocenters. The quantitative estimate of drug-likeness (QED) is 0.443. The number of methoxy groups -OCH3 is 1. The molecule has 216 valence electrons. The SMILES string of the molecule is CCOc1ccc(S(=O)(=O)N(CCC(=O)N2CCNCC2)Cc2cccc(OC)c2)cc1.O=C(O)C(F)(F)F. The molecule has 0 aliphatic carbocycles. The van der Waals surface area contributed by atoms with E-state index in [-0.39, 0.29) is 30.3 Å². The third-order valence-corrected chi connectivity index (χ3v) is 7.41. The van der Waals surface area contributed by atoms with Crippen LogP contribution in [0, 0.1) is 0 Å². The van der Waals surface area contributed by atoms with Crippen LogP contribution in [0.1, 0.15) is 18.9 Å². The number of aliphatic carboxylic acids is 1. The second-order valence-electron chi connectivity index (χ2n) is 8.28. The Bertz CT molecular complexity index is 1190. The summed E-state index contributed by atoms with van der Waals surface area (Å²) >= 11 is 0. The summed E-state index contributed by atoms with van der Waals surface area (Å²) in [6.07, 6.45) is -4.96. The highest BCUT2D eigenvalue weighted by Gasteiger charge is 2.38. The fourth-order valence-corrected chi connectivity index (χ4v) is 5.00. The number of amides is 1. The molecule has 1 amide bonds. The van der Waals surface area contributed by atoms with Crippen LogP contribution in [0.3, 0.4) is 0 Å². The number of nitrogens with zero attached hydrogens (tertiary/aromatic N) is 2. The maximum atomic E-state index is 13.5. The number of nitrogens with one attached hydrogen (secondary N) is 1. The van der Waals surface area contributed by atoms with Gasteiger partial charge in [-0.05, 0) is 48.9 Å². The Morgan fingerprint density at radius 1 is 1.08 bits per heavy atom. The molecule has 0 saturated carbocycles. The molecule has 0 unspecified atom stereocenters. The second kappa shape index (κ2) is 14.7. The molecule has 0 radical (unpaired) electrons. The molecule has 0 aromatic heterocycles. The number of carbonyl (C=O) groups excluding carboxylic acids is 1. The van der Waals surface area contributed by atoms with Crippen molar-refractivity contribution in [3.05, 3.63) is 54.1 Å². The molecule has 2 aromatic rings. The largest absolute Gasteiger partial charge is 0.497 e. The van der Waals surface area contributed by atoms with Crippen molar-refractivity contribution in [2.75, 3.05) is 46.4 Å². The molecule has 1 saturated heterocycles. The van der Waals surface area contributed by atoms with Gasteiger partial charge >= 0.3 is 12.1 Å². The van der Waals surface area contributed by atoms with Crippen LogP contribution in [-0.4, -0.2) is 87.2 Å². The smallest absolute Gasteiger partial charge is 0.490 e. The first-order valence-corrected chi connectivity index (χ1v) is 13.5. The summed E-state index contributed by atoms with van der Waals surface area (Å²) in [5, 5.41) is 10.3. The highest BCUT2D eigenvalue weighted by Crippen LogP contribution is 2.23. The number of benzene rings is 2. The van der Waals surface area contributed by atoms with E-state index in [0.717, 1.165) is 18.7 Å². The Balaban J connectivity index is 0.000000673. The summed E-state index contributed by atoms with van der Waals surface area (Å²) in [6.45, 7) is 5.39. The average molecular weight is 576 g/mol. The number of rotatable bonds is 10. The molecule has 39 heavy (non-hydrogen) atoms. The first kappa shape index (κ1) is 31.9. The third kappa shape index (κ3) is 10.0. The van der Waals surface area contributed by atoms with Gasteiger partial charge in [0.25, 0.3) is 0 Å². The van der Waals surface area contributed by atoms with Gasteiger partial charge in [0.2, 0.25) is 15.9 Å². The number of carbonyl (C=O) groups is 2. The van der Waals surface area contributed by atoms with E-state index in [2.05, 4.69) is 5.32 Å². The number of piperazine rings is 1. The molecule has 14 heteroatoms. The zero-order chi connectivity index (χ0) is 29.1. The van der Waals surface area contributed by atoms with Crippen LogP contribution in [0.4, 0.5) is 13.2 Å². The van der Waals surface area contributed by atoms with Crippen molar-refractivity contribution < 1.29 is 45.8 Å². The van der Waals surface area contributed by atoms with Gasteiger partial charge in [-0.25, -0.2) is 13.2 Å². The number of halogens is 3. The van der Waals surface area contributed by atoms with E-state index in [4.69, 9.17) is 19.4 Å². The van der Waals surface area contributed by atoms with E-state index >= 15 is 0 Å². The lowest BCUT2D eigenvalue weighted by Crippen LogP contribution is -2.47. The molecule has 2 N–H and O–H groups in total. The molecule has 3 rings (SSSR count). The molecule has 2 aromatic carbocycles. The van der Waals surface area contributed by atoms with Crippen LogP contribution < -0.4 is 14.8 Å².